The van der Waals surface area contributed by atoms with Crippen LogP contribution in [0.4, 0.5) is 5.13 Å². The molecule has 0 aromatic carbocycles. The molecule has 0 radical (unpaired) electrons. The fraction of sp³-hybridized carbons (Fsp3) is 0.438. The first-order valence-corrected chi connectivity index (χ1v) is 11.9. The molecule has 0 bridgehead atoms. The van der Waals surface area contributed by atoms with Gasteiger partial charge in [0.2, 0.25) is 5.60 Å². The van der Waals surface area contributed by atoms with Crippen LogP contribution >= 0.6 is 11.3 Å². The fourth-order valence-corrected chi connectivity index (χ4v) is 4.25. The van der Waals surface area contributed by atoms with Gasteiger partial charge >= 0.3 is 16.3 Å². The van der Waals surface area contributed by atoms with E-state index in [-0.39, 0.29) is 28.2 Å². The predicted molar refractivity (Wildman–Crippen MR) is 118 cm³/mol. The van der Waals surface area contributed by atoms with Gasteiger partial charge in [0.05, 0.1) is 18.4 Å². The summed E-state index contributed by atoms with van der Waals surface area (Å²) in [4.78, 5) is 46.8. The van der Waals surface area contributed by atoms with Crippen molar-refractivity contribution in [2.24, 2.45) is 10.9 Å². The molecule has 19 heteroatoms. The van der Waals surface area contributed by atoms with Crippen molar-refractivity contribution in [1.29, 1.82) is 0 Å². The van der Waals surface area contributed by atoms with E-state index in [1.54, 1.807) is 0 Å². The second-order valence-corrected chi connectivity index (χ2v) is 9.82. The van der Waals surface area contributed by atoms with Crippen molar-refractivity contribution in [3.63, 3.8) is 0 Å². The molecule has 1 aliphatic heterocycles. The van der Waals surface area contributed by atoms with Gasteiger partial charge in [-0.25, -0.2) is 14.1 Å². The number of aromatic nitrogens is 4. The lowest BCUT2D eigenvalue weighted by atomic mass is 9.98. The average Bonchev–Trinajstić information content (AvgIpc) is 3.39. The Bertz CT molecular complexity index is 1290. The van der Waals surface area contributed by atoms with Gasteiger partial charge in [-0.15, -0.1) is 11.3 Å². The van der Waals surface area contributed by atoms with Gasteiger partial charge in [-0.2, -0.15) is 23.4 Å². The van der Waals surface area contributed by atoms with Gasteiger partial charge < -0.3 is 26.7 Å². The minimum absolute atomic E-state index is 0.0507. The van der Waals surface area contributed by atoms with Crippen molar-refractivity contribution in [3.8, 4) is 0 Å². The molecule has 3 heterocycles. The van der Waals surface area contributed by atoms with Gasteiger partial charge in [-0.1, -0.05) is 5.16 Å². The summed E-state index contributed by atoms with van der Waals surface area (Å²) in [6, 6.07) is -2.76. The topological polar surface area (TPSA) is 258 Å². The first-order chi connectivity index (χ1) is 16.2. The number of hydrogen-bond donors (Lipinski definition) is 5. The number of carbonyl (C=O) groups is 3. The van der Waals surface area contributed by atoms with Crippen LogP contribution < -0.4 is 16.8 Å². The number of rotatable bonds is 10. The van der Waals surface area contributed by atoms with Crippen LogP contribution in [0.25, 0.3) is 0 Å². The highest BCUT2D eigenvalue weighted by molar-refractivity contribution is 7.84. The van der Waals surface area contributed by atoms with Crippen LogP contribution in [0, 0.1) is 0 Å². The number of carbonyl (C=O) groups excluding carboxylic acids is 2. The maximum absolute atomic E-state index is 13.0. The Labute approximate surface area is 201 Å². The molecule has 1 fully saturated rings. The van der Waals surface area contributed by atoms with E-state index in [1.165, 1.54) is 25.4 Å². The number of nitrogens with one attached hydrogen (secondary N) is 1. The monoisotopic (exact) mass is 531 g/mol. The number of oxime groups is 1. The zero-order valence-electron chi connectivity index (χ0n) is 18.2. The van der Waals surface area contributed by atoms with Gasteiger partial charge in [-0.3, -0.25) is 14.1 Å². The first-order valence-electron chi connectivity index (χ1n) is 9.66. The number of thiazole rings is 1. The summed E-state index contributed by atoms with van der Waals surface area (Å²) in [5.41, 5.74) is 9.02. The first kappa shape index (κ1) is 25.9. The molecular formula is C16H21N9O8S2. The second kappa shape index (κ2) is 9.52. The Kier molecular flexibility index (Phi) is 7.06. The summed E-state index contributed by atoms with van der Waals surface area (Å²) < 4.78 is 33.0. The number of nitrogens with two attached hydrogens (primary N) is 2. The molecule has 7 N–H and O–H groups in total. The van der Waals surface area contributed by atoms with E-state index in [0.29, 0.717) is 5.69 Å². The van der Waals surface area contributed by atoms with E-state index in [9.17, 15) is 32.5 Å². The Morgan fingerprint density at radius 2 is 2.09 bits per heavy atom. The Balaban J connectivity index is 1.89. The molecule has 0 saturated carbocycles. The van der Waals surface area contributed by atoms with E-state index in [0.717, 1.165) is 16.1 Å². The second-order valence-electron chi connectivity index (χ2n) is 7.64. The molecule has 2 aromatic rings. The maximum Gasteiger partial charge on any atom is 0.362 e. The van der Waals surface area contributed by atoms with Crippen LogP contribution in [0.1, 0.15) is 25.2 Å². The largest absolute Gasteiger partial charge is 0.478 e. The average molecular weight is 532 g/mol. The smallest absolute Gasteiger partial charge is 0.362 e. The summed E-state index contributed by atoms with van der Waals surface area (Å²) in [6.45, 7) is 2.10. The van der Waals surface area contributed by atoms with Crippen LogP contribution in [-0.4, -0.2) is 83.5 Å². The molecule has 190 valence electrons. The van der Waals surface area contributed by atoms with Crippen LogP contribution in [0.15, 0.2) is 16.7 Å². The Morgan fingerprint density at radius 1 is 1.40 bits per heavy atom. The number of nitrogens with zero attached hydrogens (tertiary/aromatic N) is 6. The summed E-state index contributed by atoms with van der Waals surface area (Å²) in [7, 11) is -4.97. The maximum atomic E-state index is 13.0. The minimum Gasteiger partial charge on any atom is -0.478 e. The van der Waals surface area contributed by atoms with Crippen molar-refractivity contribution in [3.05, 3.63) is 23.0 Å². The van der Waals surface area contributed by atoms with Crippen molar-refractivity contribution in [2.75, 3.05) is 5.73 Å². The molecular weight excluding hydrogens is 510 g/mol. The van der Waals surface area contributed by atoms with Crippen molar-refractivity contribution in [1.82, 2.24) is 29.6 Å². The summed E-state index contributed by atoms with van der Waals surface area (Å²) >= 11 is 0.956. The number of amides is 2. The van der Waals surface area contributed by atoms with Crippen LogP contribution in [0.5, 0.6) is 0 Å². The van der Waals surface area contributed by atoms with Crippen molar-refractivity contribution < 1.29 is 37.3 Å². The third-order valence-corrected chi connectivity index (χ3v) is 6.33. The number of carboxylic acids is 1. The predicted octanol–water partition coefficient (Wildman–Crippen LogP) is -2.44. The van der Waals surface area contributed by atoms with Crippen molar-refractivity contribution in [2.45, 2.75) is 44.6 Å². The number of β-lactam (4-membered cyclic amide) rings is 1. The van der Waals surface area contributed by atoms with Gasteiger partial charge in [0, 0.05) is 11.9 Å². The highest BCUT2D eigenvalue weighted by atomic mass is 32.2. The van der Waals surface area contributed by atoms with Gasteiger partial charge in [0.15, 0.2) is 10.8 Å². The summed E-state index contributed by atoms with van der Waals surface area (Å²) in [6.07, 6.45) is 1.32. The summed E-state index contributed by atoms with van der Waals surface area (Å²) in [5, 5.41) is 24.4. The highest BCUT2D eigenvalue weighted by Crippen LogP contribution is 2.25. The third kappa shape index (κ3) is 5.53. The molecule has 1 saturated heterocycles. The molecule has 2 aromatic heterocycles. The van der Waals surface area contributed by atoms with Crippen LogP contribution in [0.3, 0.4) is 0 Å². The molecule has 0 spiro atoms. The normalized spacial score (nSPS) is 18.8. The lowest BCUT2D eigenvalue weighted by Gasteiger charge is -2.43. The molecule has 2 unspecified atom stereocenters. The molecule has 3 rings (SSSR count). The third-order valence-electron chi connectivity index (χ3n) is 4.71. The van der Waals surface area contributed by atoms with E-state index >= 15 is 0 Å². The number of hydrogen-bond acceptors (Lipinski definition) is 13. The number of anilines is 1. The van der Waals surface area contributed by atoms with E-state index in [4.69, 9.17) is 16.3 Å². The van der Waals surface area contributed by atoms with E-state index in [1.807, 2.05) is 0 Å². The lowest BCUT2D eigenvalue weighted by molar-refractivity contribution is -0.161. The number of carboxylic acid groups (broad SMARTS) is 1. The standard InChI is InChI=1S/C16H21N9O8S2/c1-16(2,14(28)29)33-23-10(8-6-34-15(18)20-8)12(26)21-11-9(25(13(11)27)35(30,31)32)5-24-19-4-7(3-17)22-24/h4,6,9,11H,3,5,17H2,1-2H3,(H2,18,20)(H,21,26)(H,28,29)(H,30,31,32)/b23-10-. The molecule has 2 atom stereocenters. The van der Waals surface area contributed by atoms with Crippen molar-refractivity contribution >= 4 is 50.3 Å². The Hall–Kier alpha value is -3.68. The SMILES string of the molecule is CC(C)(O/N=C(\C(=O)NC1C(=O)N(S(=O)(=O)O)C1Cn1ncc(CN)n1)c1csc(N)n1)C(=O)O. The quantitative estimate of drug-likeness (QED) is 0.0924. The molecule has 1 aliphatic rings. The molecule has 2 amide bonds. The summed E-state index contributed by atoms with van der Waals surface area (Å²) in [5.74, 6) is -3.56. The van der Waals surface area contributed by atoms with Gasteiger partial charge in [0.1, 0.15) is 17.8 Å². The van der Waals surface area contributed by atoms with Gasteiger partial charge in [-0.05, 0) is 13.8 Å². The van der Waals surface area contributed by atoms with E-state index < -0.39 is 51.5 Å². The lowest BCUT2D eigenvalue weighted by Crippen LogP contribution is -2.73. The zero-order valence-corrected chi connectivity index (χ0v) is 19.9. The Morgan fingerprint density at radius 3 is 2.60 bits per heavy atom. The van der Waals surface area contributed by atoms with Gasteiger partial charge in [0.25, 0.3) is 11.8 Å². The van der Waals surface area contributed by atoms with Crippen LogP contribution in [0.2, 0.25) is 0 Å². The molecule has 35 heavy (non-hydrogen) atoms. The number of aliphatic carboxylic acids is 1. The molecule has 0 aliphatic carbocycles. The highest BCUT2D eigenvalue weighted by Gasteiger charge is 2.54. The fourth-order valence-electron chi connectivity index (χ4n) is 2.83. The van der Waals surface area contributed by atoms with Crippen LogP contribution in [-0.2, 0) is 42.6 Å². The minimum atomic E-state index is -4.97. The molecule has 17 nitrogen and oxygen atoms in total. The van der Waals surface area contributed by atoms with E-state index in [2.05, 4.69) is 25.7 Å². The number of nitrogen functional groups attached to an aromatic ring is 1. The zero-order chi connectivity index (χ0) is 26.1.